The summed E-state index contributed by atoms with van der Waals surface area (Å²) in [4.78, 5) is 54.9. The summed E-state index contributed by atoms with van der Waals surface area (Å²) in [6, 6.07) is 4.35. The zero-order valence-corrected chi connectivity index (χ0v) is 21.9. The summed E-state index contributed by atoms with van der Waals surface area (Å²) in [5, 5.41) is 3.72. The number of nitrogens with one attached hydrogen (secondary N) is 1. The van der Waals surface area contributed by atoms with Crippen LogP contribution in [-0.2, 0) is 25.7 Å². The van der Waals surface area contributed by atoms with Gasteiger partial charge in [-0.2, -0.15) is 0 Å². The van der Waals surface area contributed by atoms with Gasteiger partial charge in [-0.1, -0.05) is 55.3 Å². The highest BCUT2D eigenvalue weighted by Crippen LogP contribution is 2.35. The maximum Gasteiger partial charge on any atom is 0.243 e. The van der Waals surface area contributed by atoms with Crippen molar-refractivity contribution in [3.05, 3.63) is 46.0 Å². The van der Waals surface area contributed by atoms with Gasteiger partial charge in [-0.25, -0.2) is 0 Å². The Hall–Kier alpha value is -2.38. The van der Waals surface area contributed by atoms with Gasteiger partial charge in [0, 0.05) is 25.6 Å². The van der Waals surface area contributed by atoms with Crippen LogP contribution in [0.3, 0.4) is 0 Å². The van der Waals surface area contributed by atoms with Crippen molar-refractivity contribution in [3.63, 3.8) is 0 Å². The number of amides is 4. The van der Waals surface area contributed by atoms with Crippen LogP contribution in [0.2, 0.25) is 10.0 Å². The van der Waals surface area contributed by atoms with Gasteiger partial charge in [0.25, 0.3) is 0 Å². The average Bonchev–Trinajstić information content (AvgIpc) is 3.09. The zero-order valence-electron chi connectivity index (χ0n) is 20.4. The number of hydrogen-bond donors (Lipinski definition) is 1. The first kappa shape index (κ1) is 27.2. The molecule has 1 saturated heterocycles. The van der Waals surface area contributed by atoms with Crippen LogP contribution >= 0.6 is 23.2 Å². The normalized spacial score (nSPS) is 21.0. The number of carbonyl (C=O) groups is 4. The SMILES string of the molecule is CC[C@@H](C)NC(=O)[C@H](CC)N(Cc1ccc(Cl)c(Cl)c1)C(=O)CCN1C(=O)[C@H]2CC=CC[C@H]2C1=O. The van der Waals surface area contributed by atoms with Gasteiger partial charge in [0.05, 0.1) is 21.9 Å². The summed E-state index contributed by atoms with van der Waals surface area (Å²) in [6.07, 6.45) is 6.09. The van der Waals surface area contributed by atoms with Crippen LogP contribution < -0.4 is 5.32 Å². The number of nitrogens with zero attached hydrogens (tertiary/aromatic N) is 2. The van der Waals surface area contributed by atoms with E-state index >= 15 is 0 Å². The van der Waals surface area contributed by atoms with Gasteiger partial charge in [0.15, 0.2) is 0 Å². The lowest BCUT2D eigenvalue weighted by Gasteiger charge is -2.32. The highest BCUT2D eigenvalue weighted by molar-refractivity contribution is 6.42. The van der Waals surface area contributed by atoms with Crippen molar-refractivity contribution in [2.24, 2.45) is 11.8 Å². The van der Waals surface area contributed by atoms with Crippen LogP contribution in [0.25, 0.3) is 0 Å². The molecule has 0 radical (unpaired) electrons. The molecule has 1 aromatic rings. The van der Waals surface area contributed by atoms with E-state index in [1.165, 1.54) is 9.80 Å². The van der Waals surface area contributed by atoms with Crippen LogP contribution in [0.4, 0.5) is 0 Å². The van der Waals surface area contributed by atoms with E-state index < -0.39 is 6.04 Å². The molecule has 0 aromatic heterocycles. The summed E-state index contributed by atoms with van der Waals surface area (Å²) in [7, 11) is 0. The molecule has 2 aliphatic rings. The highest BCUT2D eigenvalue weighted by atomic mass is 35.5. The first-order chi connectivity index (χ1) is 16.7. The smallest absolute Gasteiger partial charge is 0.243 e. The van der Waals surface area contributed by atoms with Crippen molar-refractivity contribution in [2.75, 3.05) is 6.54 Å². The van der Waals surface area contributed by atoms with E-state index in [0.717, 1.165) is 12.0 Å². The van der Waals surface area contributed by atoms with E-state index in [9.17, 15) is 19.2 Å². The number of allylic oxidation sites excluding steroid dienone is 2. The third-order valence-corrected chi connectivity index (χ3v) is 7.61. The van der Waals surface area contributed by atoms with E-state index in [0.29, 0.717) is 29.3 Å². The lowest BCUT2D eigenvalue weighted by molar-refractivity contribution is -0.144. The molecule has 9 heteroatoms. The Labute approximate surface area is 216 Å². The number of likely N-dealkylation sites (tertiary alicyclic amines) is 1. The quantitative estimate of drug-likeness (QED) is 0.366. The topological polar surface area (TPSA) is 86.8 Å². The van der Waals surface area contributed by atoms with Crippen molar-refractivity contribution in [3.8, 4) is 0 Å². The molecule has 190 valence electrons. The maximum absolute atomic E-state index is 13.5. The fourth-order valence-electron chi connectivity index (χ4n) is 4.64. The fraction of sp³-hybridized carbons (Fsp3) is 0.538. The standard InChI is InChI=1S/C26H33Cl2N3O4/c1-4-16(3)29-24(33)22(5-2)31(15-17-10-11-20(27)21(28)14-17)23(32)12-13-30-25(34)18-8-6-7-9-19(18)26(30)35/h6-7,10-11,14,16,18-19,22H,4-5,8-9,12-13,15H2,1-3H3,(H,29,33)/t16-,18-,19+,22+/m1/s1. The molecule has 1 aliphatic heterocycles. The molecular weight excluding hydrogens is 489 g/mol. The number of rotatable bonds is 10. The average molecular weight is 522 g/mol. The number of fused-ring (bicyclic) bond motifs is 1. The van der Waals surface area contributed by atoms with Crippen molar-refractivity contribution in [2.45, 2.75) is 71.5 Å². The molecule has 1 aliphatic carbocycles. The van der Waals surface area contributed by atoms with Crippen molar-refractivity contribution in [1.29, 1.82) is 0 Å². The van der Waals surface area contributed by atoms with E-state index in [-0.39, 0.29) is 61.0 Å². The first-order valence-corrected chi connectivity index (χ1v) is 13.0. The lowest BCUT2D eigenvalue weighted by Crippen LogP contribution is -2.51. The van der Waals surface area contributed by atoms with E-state index in [1.54, 1.807) is 18.2 Å². The molecule has 7 nitrogen and oxygen atoms in total. The largest absolute Gasteiger partial charge is 0.352 e. The van der Waals surface area contributed by atoms with Gasteiger partial charge in [-0.05, 0) is 50.3 Å². The first-order valence-electron chi connectivity index (χ1n) is 12.2. The van der Waals surface area contributed by atoms with Crippen molar-refractivity contribution < 1.29 is 19.2 Å². The second-order valence-electron chi connectivity index (χ2n) is 9.25. The summed E-state index contributed by atoms with van der Waals surface area (Å²) in [5.41, 5.74) is 0.730. The molecule has 1 fully saturated rings. The van der Waals surface area contributed by atoms with Crippen molar-refractivity contribution in [1.82, 2.24) is 15.1 Å². The van der Waals surface area contributed by atoms with Gasteiger partial charge in [-0.15, -0.1) is 0 Å². The molecule has 4 amide bonds. The highest BCUT2D eigenvalue weighted by Gasteiger charge is 2.47. The Morgan fingerprint density at radius 2 is 1.69 bits per heavy atom. The fourth-order valence-corrected chi connectivity index (χ4v) is 4.96. The summed E-state index contributed by atoms with van der Waals surface area (Å²) in [6.45, 7) is 5.89. The van der Waals surface area contributed by atoms with Crippen LogP contribution in [0.5, 0.6) is 0 Å². The molecule has 0 unspecified atom stereocenters. The van der Waals surface area contributed by atoms with Gasteiger partial charge in [0.1, 0.15) is 6.04 Å². The molecule has 1 heterocycles. The van der Waals surface area contributed by atoms with Crippen LogP contribution in [-0.4, -0.2) is 52.1 Å². The molecule has 0 spiro atoms. The second-order valence-corrected chi connectivity index (χ2v) is 10.1. The molecule has 0 bridgehead atoms. The summed E-state index contributed by atoms with van der Waals surface area (Å²) < 4.78 is 0. The maximum atomic E-state index is 13.5. The van der Waals surface area contributed by atoms with Crippen LogP contribution in [0.1, 0.15) is 58.4 Å². The molecule has 1 N–H and O–H groups in total. The Kier molecular flexibility index (Phi) is 9.36. The predicted molar refractivity (Wildman–Crippen MR) is 136 cm³/mol. The molecule has 3 rings (SSSR count). The van der Waals surface area contributed by atoms with Gasteiger partial charge >= 0.3 is 0 Å². The minimum atomic E-state index is -0.706. The Balaban J connectivity index is 1.78. The molecule has 0 saturated carbocycles. The van der Waals surface area contributed by atoms with Crippen LogP contribution in [0.15, 0.2) is 30.4 Å². The molecule has 35 heavy (non-hydrogen) atoms. The van der Waals surface area contributed by atoms with Gasteiger partial charge in [0.2, 0.25) is 23.6 Å². The third kappa shape index (κ3) is 6.25. The van der Waals surface area contributed by atoms with Crippen LogP contribution in [0, 0.1) is 11.8 Å². The van der Waals surface area contributed by atoms with E-state index in [1.807, 2.05) is 32.9 Å². The van der Waals surface area contributed by atoms with E-state index in [4.69, 9.17) is 23.2 Å². The van der Waals surface area contributed by atoms with Gasteiger partial charge < -0.3 is 10.2 Å². The zero-order chi connectivity index (χ0) is 25.7. The lowest BCUT2D eigenvalue weighted by atomic mass is 9.85. The number of carbonyl (C=O) groups excluding carboxylic acids is 4. The Morgan fingerprint density at radius 1 is 1.06 bits per heavy atom. The molecule has 1 aromatic carbocycles. The monoisotopic (exact) mass is 521 g/mol. The third-order valence-electron chi connectivity index (χ3n) is 6.87. The van der Waals surface area contributed by atoms with E-state index in [2.05, 4.69) is 5.32 Å². The Morgan fingerprint density at radius 3 is 2.23 bits per heavy atom. The summed E-state index contributed by atoms with van der Waals surface area (Å²) >= 11 is 12.2. The number of hydrogen-bond acceptors (Lipinski definition) is 4. The summed E-state index contributed by atoms with van der Waals surface area (Å²) in [5.74, 6) is -1.64. The Bertz CT molecular complexity index is 986. The van der Waals surface area contributed by atoms with Gasteiger partial charge in [-0.3, -0.25) is 24.1 Å². The number of imide groups is 1. The number of halogens is 2. The molecular formula is C26H33Cl2N3O4. The predicted octanol–water partition coefficient (Wildman–Crippen LogP) is 4.36. The minimum absolute atomic E-state index is 0.00475. The molecule has 4 atom stereocenters. The van der Waals surface area contributed by atoms with Crippen molar-refractivity contribution >= 4 is 46.8 Å². The second kappa shape index (κ2) is 12.0. The number of benzene rings is 1. The minimum Gasteiger partial charge on any atom is -0.352 e.